The predicted octanol–water partition coefficient (Wildman–Crippen LogP) is -1.52. The van der Waals surface area contributed by atoms with E-state index in [4.69, 9.17) is 23.7 Å². The van der Waals surface area contributed by atoms with E-state index in [1.807, 2.05) is 0 Å². The minimum absolute atomic E-state index is 0.168. The summed E-state index contributed by atoms with van der Waals surface area (Å²) in [5.74, 6) is -1.04. The van der Waals surface area contributed by atoms with Crippen molar-refractivity contribution in [3.63, 3.8) is 0 Å². The van der Waals surface area contributed by atoms with Crippen molar-refractivity contribution in [3.8, 4) is 0 Å². The van der Waals surface area contributed by atoms with Crippen molar-refractivity contribution in [2.45, 2.75) is 126 Å². The summed E-state index contributed by atoms with van der Waals surface area (Å²) >= 11 is 0. The topological polar surface area (TPSA) is 205 Å². The average molecular weight is 539 g/mol. The average Bonchev–Trinajstić information content (AvgIpc) is 2.88. The number of carbonyl (C=O) groups is 1. The molecule has 2 aliphatic heterocycles. The number of carboxylic acids is 1. The highest BCUT2D eigenvalue weighted by Crippen LogP contribution is 2.31. The summed E-state index contributed by atoms with van der Waals surface area (Å²) in [4.78, 5) is 11.9. The van der Waals surface area contributed by atoms with E-state index < -0.39 is 86.2 Å². The number of aliphatic hydroxyl groups is 6. The Kier molecular flexibility index (Phi) is 11.5. The Bertz CT molecular complexity index is 704. The molecule has 0 aromatic rings. The molecular formula is C24H42O13. The van der Waals surface area contributed by atoms with Crippen LogP contribution in [-0.4, -0.2) is 129 Å². The molecule has 3 aliphatic rings. The number of hydrogen-bond acceptors (Lipinski definition) is 12. The van der Waals surface area contributed by atoms with Gasteiger partial charge in [-0.2, -0.15) is 0 Å². The maximum absolute atomic E-state index is 11.9. The summed E-state index contributed by atoms with van der Waals surface area (Å²) in [6.45, 7) is 2.28. The largest absolute Gasteiger partial charge is 0.479 e. The van der Waals surface area contributed by atoms with Crippen molar-refractivity contribution in [2.24, 2.45) is 5.92 Å². The van der Waals surface area contributed by atoms with Gasteiger partial charge in [0.15, 0.2) is 18.7 Å². The van der Waals surface area contributed by atoms with Crippen molar-refractivity contribution >= 4 is 5.97 Å². The lowest BCUT2D eigenvalue weighted by Gasteiger charge is -2.43. The minimum atomic E-state index is -1.58. The van der Waals surface area contributed by atoms with Gasteiger partial charge in [0.25, 0.3) is 0 Å². The highest BCUT2D eigenvalue weighted by atomic mass is 16.7. The van der Waals surface area contributed by atoms with Gasteiger partial charge in [0.1, 0.15) is 42.7 Å². The summed E-state index contributed by atoms with van der Waals surface area (Å²) in [5.41, 5.74) is 0. The second kappa shape index (κ2) is 13.9. The number of carboxylic acid groups (broad SMARTS) is 1. The second-order valence-corrected chi connectivity index (χ2v) is 10.3. The Balaban J connectivity index is 1.60. The van der Waals surface area contributed by atoms with Crippen LogP contribution in [0.25, 0.3) is 0 Å². The van der Waals surface area contributed by atoms with Gasteiger partial charge >= 0.3 is 5.97 Å². The molecule has 0 amide bonds. The van der Waals surface area contributed by atoms with E-state index in [2.05, 4.69) is 0 Å². The first-order valence-corrected chi connectivity index (χ1v) is 13.0. The first kappa shape index (κ1) is 30.6. The number of aliphatic hydroxyl groups excluding tert-OH is 6. The molecule has 1 saturated carbocycles. The normalized spacial score (nSPS) is 41.3. The van der Waals surface area contributed by atoms with Crippen LogP contribution in [-0.2, 0) is 28.5 Å². The monoisotopic (exact) mass is 538 g/mol. The van der Waals surface area contributed by atoms with Gasteiger partial charge in [-0.25, -0.2) is 4.79 Å². The van der Waals surface area contributed by atoms with Gasteiger partial charge in [-0.1, -0.05) is 32.1 Å². The van der Waals surface area contributed by atoms with Crippen LogP contribution >= 0.6 is 0 Å². The number of hydrogen-bond donors (Lipinski definition) is 7. The second-order valence-electron chi connectivity index (χ2n) is 10.3. The fourth-order valence-corrected chi connectivity index (χ4v) is 5.11. The minimum Gasteiger partial charge on any atom is -0.479 e. The fourth-order valence-electron chi connectivity index (χ4n) is 5.11. The molecule has 7 N–H and O–H groups in total. The lowest BCUT2D eigenvalue weighted by atomic mass is 9.85. The standard InChI is InChI=1S/C24H42O13/c1-11(10-33-23-19(29)18(28)16(26)12(2)35-23)34-24-20(30)21(17(27)15(9-25)37-24)36-14(22(31)32)8-13-6-4-3-5-7-13/h11-21,23-30H,3-10H2,1-2H3,(H,31,32)/t11-,12?,14+,15+,16-,17+,18+,19?,20?,21?,23-,24-/m1/s1. The Labute approximate surface area is 215 Å². The van der Waals surface area contributed by atoms with Gasteiger partial charge in [0.2, 0.25) is 0 Å². The zero-order valence-electron chi connectivity index (χ0n) is 21.2. The molecule has 0 aromatic heterocycles. The highest BCUT2D eigenvalue weighted by Gasteiger charge is 2.48. The molecule has 13 nitrogen and oxygen atoms in total. The van der Waals surface area contributed by atoms with E-state index in [1.54, 1.807) is 6.92 Å². The molecule has 0 aromatic carbocycles. The first-order chi connectivity index (χ1) is 17.5. The number of rotatable bonds is 11. The summed E-state index contributed by atoms with van der Waals surface area (Å²) in [6.07, 6.45) is -10.2. The molecule has 216 valence electrons. The molecule has 2 heterocycles. The third-order valence-electron chi connectivity index (χ3n) is 7.36. The third kappa shape index (κ3) is 7.79. The van der Waals surface area contributed by atoms with Crippen LogP contribution in [0.3, 0.4) is 0 Å². The molecule has 0 spiro atoms. The van der Waals surface area contributed by atoms with Crippen molar-refractivity contribution in [1.82, 2.24) is 0 Å². The van der Waals surface area contributed by atoms with E-state index >= 15 is 0 Å². The van der Waals surface area contributed by atoms with Crippen LogP contribution in [0.4, 0.5) is 0 Å². The summed E-state index contributed by atoms with van der Waals surface area (Å²) in [6, 6.07) is 0. The van der Waals surface area contributed by atoms with Gasteiger partial charge in [0.05, 0.1) is 25.4 Å². The summed E-state index contributed by atoms with van der Waals surface area (Å²) in [7, 11) is 0. The maximum Gasteiger partial charge on any atom is 0.332 e. The van der Waals surface area contributed by atoms with Crippen molar-refractivity contribution in [3.05, 3.63) is 0 Å². The zero-order valence-corrected chi connectivity index (χ0v) is 21.2. The zero-order chi connectivity index (χ0) is 27.3. The van der Waals surface area contributed by atoms with Crippen LogP contribution in [0, 0.1) is 5.92 Å². The maximum atomic E-state index is 11.9. The van der Waals surface area contributed by atoms with Gasteiger partial charge in [0, 0.05) is 0 Å². The Morgan fingerprint density at radius 1 is 0.892 bits per heavy atom. The van der Waals surface area contributed by atoms with Gasteiger partial charge in [-0.15, -0.1) is 0 Å². The molecule has 0 radical (unpaired) electrons. The molecule has 1 aliphatic carbocycles. The Morgan fingerprint density at radius 3 is 2.19 bits per heavy atom. The van der Waals surface area contributed by atoms with E-state index in [0.717, 1.165) is 32.1 Å². The van der Waals surface area contributed by atoms with Crippen LogP contribution in [0.5, 0.6) is 0 Å². The van der Waals surface area contributed by atoms with Crippen molar-refractivity contribution in [1.29, 1.82) is 0 Å². The third-order valence-corrected chi connectivity index (χ3v) is 7.36. The van der Waals surface area contributed by atoms with Crippen molar-refractivity contribution in [2.75, 3.05) is 13.2 Å². The van der Waals surface area contributed by atoms with E-state index in [0.29, 0.717) is 0 Å². The molecule has 37 heavy (non-hydrogen) atoms. The number of aliphatic carboxylic acids is 1. The lowest BCUT2D eigenvalue weighted by molar-refractivity contribution is -0.331. The van der Waals surface area contributed by atoms with Crippen LogP contribution < -0.4 is 0 Å². The van der Waals surface area contributed by atoms with Crippen molar-refractivity contribution < 1.29 is 64.2 Å². The summed E-state index contributed by atoms with van der Waals surface area (Å²) in [5, 5.41) is 70.7. The van der Waals surface area contributed by atoms with Crippen LogP contribution in [0.2, 0.25) is 0 Å². The van der Waals surface area contributed by atoms with E-state index in [1.165, 1.54) is 6.92 Å². The predicted molar refractivity (Wildman–Crippen MR) is 124 cm³/mol. The molecule has 3 rings (SSSR count). The molecule has 12 atom stereocenters. The SMILES string of the molecule is CC1O[C@@H](OC[C@@H](C)O[C@@H]2O[C@@H](CO)[C@H](O)C(O[C@@H](CC3CCCCC3)C(=O)O)C2O)C(O)[C@@H](O)[C@@H]1O. The van der Waals surface area contributed by atoms with E-state index in [-0.39, 0.29) is 18.9 Å². The Morgan fingerprint density at radius 2 is 1.57 bits per heavy atom. The van der Waals surface area contributed by atoms with Crippen LogP contribution in [0.15, 0.2) is 0 Å². The quantitative estimate of drug-likeness (QED) is 0.160. The molecule has 0 bridgehead atoms. The molecule has 3 fully saturated rings. The Hall–Kier alpha value is -0.970. The smallest absolute Gasteiger partial charge is 0.332 e. The van der Waals surface area contributed by atoms with E-state index in [9.17, 15) is 40.5 Å². The highest BCUT2D eigenvalue weighted by molar-refractivity contribution is 5.72. The van der Waals surface area contributed by atoms with Gasteiger partial charge in [-0.05, 0) is 26.2 Å². The van der Waals surface area contributed by atoms with Gasteiger partial charge < -0.3 is 59.4 Å². The first-order valence-electron chi connectivity index (χ1n) is 13.0. The molecule has 4 unspecified atom stereocenters. The number of ether oxygens (including phenoxy) is 5. The van der Waals surface area contributed by atoms with Gasteiger partial charge in [-0.3, -0.25) is 0 Å². The molecular weight excluding hydrogens is 496 g/mol. The lowest BCUT2D eigenvalue weighted by Crippen LogP contribution is -2.61. The van der Waals surface area contributed by atoms with Crippen LogP contribution in [0.1, 0.15) is 52.4 Å². The molecule has 13 heteroatoms. The summed E-state index contributed by atoms with van der Waals surface area (Å²) < 4.78 is 27.8. The molecule has 2 saturated heterocycles. The fraction of sp³-hybridized carbons (Fsp3) is 0.958.